The van der Waals surface area contributed by atoms with Crippen LogP contribution in [-0.4, -0.2) is 41.0 Å². The molecule has 0 aromatic heterocycles. The van der Waals surface area contributed by atoms with E-state index in [4.69, 9.17) is 9.11 Å². The summed E-state index contributed by atoms with van der Waals surface area (Å²) in [5.74, 6) is 0. The highest BCUT2D eigenvalue weighted by Gasteiger charge is 2.64. The zero-order valence-electron chi connectivity index (χ0n) is 7.99. The molecule has 17 heavy (non-hydrogen) atoms. The van der Waals surface area contributed by atoms with Gasteiger partial charge < -0.3 is 0 Å². The Morgan fingerprint density at radius 2 is 1.71 bits per heavy atom. The maximum absolute atomic E-state index is 11.1. The second kappa shape index (κ2) is 3.87. The van der Waals surface area contributed by atoms with E-state index in [2.05, 4.69) is 0 Å². The van der Waals surface area contributed by atoms with Crippen molar-refractivity contribution in [2.45, 2.75) is 10.1 Å². The summed E-state index contributed by atoms with van der Waals surface area (Å²) in [6.07, 6.45) is 2.89. The summed E-state index contributed by atoms with van der Waals surface area (Å²) in [5, 5.41) is 8.37. The zero-order valence-corrected chi connectivity index (χ0v) is 9.63. The van der Waals surface area contributed by atoms with Crippen molar-refractivity contribution in [1.82, 2.24) is 0 Å². The third-order valence-electron chi connectivity index (χ3n) is 2.16. The Balaban J connectivity index is 3.66. The Labute approximate surface area is 96.1 Å². The summed E-state index contributed by atoms with van der Waals surface area (Å²) >= 11 is 0. The first kappa shape index (κ1) is 13.8. The molecule has 0 heterocycles. The second-order valence-electron chi connectivity index (χ2n) is 3.16. The van der Waals surface area contributed by atoms with E-state index in [0.717, 1.165) is 12.2 Å². The lowest BCUT2D eigenvalue weighted by Crippen LogP contribution is -2.56. The van der Waals surface area contributed by atoms with E-state index < -0.39 is 35.3 Å². The molecule has 96 valence electrons. The van der Waals surface area contributed by atoms with Gasteiger partial charge in [-0.2, -0.15) is 16.8 Å². The van der Waals surface area contributed by atoms with Crippen LogP contribution in [0.1, 0.15) is 0 Å². The average Bonchev–Trinajstić information content (AvgIpc) is 2.14. The third-order valence-corrected chi connectivity index (χ3v) is 4.83. The van der Waals surface area contributed by atoms with Crippen molar-refractivity contribution in [2.24, 2.45) is 0 Å². The molecule has 0 spiro atoms. The average molecular weight is 285 g/mol. The van der Waals surface area contributed by atoms with Crippen molar-refractivity contribution in [1.29, 1.82) is 0 Å². The highest BCUT2D eigenvalue weighted by atomic mass is 32.2. The number of nitrogens with zero attached hydrogens (tertiary/aromatic N) is 1. The summed E-state index contributed by atoms with van der Waals surface area (Å²) in [5.41, 5.74) is 0. The van der Waals surface area contributed by atoms with Crippen molar-refractivity contribution in [3.8, 4) is 0 Å². The lowest BCUT2D eigenvalue weighted by atomic mass is 10.1. The maximum Gasteiger partial charge on any atom is 0.383 e. The van der Waals surface area contributed by atoms with Crippen molar-refractivity contribution in [3.63, 3.8) is 0 Å². The standard InChI is InChI=1S/C6H7NO8S2/c8-7(9)6(17(13,14)15)4-2-1-3-5(6)16(10,11)12/h1-5H,(H,10,11,12)(H,13,14,15). The molecule has 2 unspecified atom stereocenters. The molecule has 0 saturated carbocycles. The summed E-state index contributed by atoms with van der Waals surface area (Å²) in [6, 6.07) is 0. The van der Waals surface area contributed by atoms with Crippen LogP contribution in [0, 0.1) is 10.1 Å². The van der Waals surface area contributed by atoms with Gasteiger partial charge in [0.2, 0.25) is 0 Å². The molecule has 2 atom stereocenters. The zero-order chi connectivity index (χ0) is 13.5. The van der Waals surface area contributed by atoms with Gasteiger partial charge >= 0.3 is 15.0 Å². The van der Waals surface area contributed by atoms with Crippen LogP contribution >= 0.6 is 0 Å². The molecule has 0 radical (unpaired) electrons. The Morgan fingerprint density at radius 1 is 1.18 bits per heavy atom. The maximum atomic E-state index is 11.1. The van der Waals surface area contributed by atoms with Gasteiger partial charge in [0.15, 0.2) is 5.25 Å². The topological polar surface area (TPSA) is 152 Å². The van der Waals surface area contributed by atoms with E-state index >= 15 is 0 Å². The molecule has 0 aromatic rings. The van der Waals surface area contributed by atoms with Crippen molar-refractivity contribution < 1.29 is 30.9 Å². The van der Waals surface area contributed by atoms with E-state index in [1.807, 2.05) is 0 Å². The number of nitro groups is 1. The van der Waals surface area contributed by atoms with Crippen LogP contribution in [0.25, 0.3) is 0 Å². The quantitative estimate of drug-likeness (QED) is 0.389. The van der Waals surface area contributed by atoms with E-state index in [1.54, 1.807) is 0 Å². The Hall–Kier alpha value is -1.30. The first-order chi connectivity index (χ1) is 7.53. The minimum absolute atomic E-state index is 0.390. The minimum Gasteiger partial charge on any atom is -0.285 e. The van der Waals surface area contributed by atoms with E-state index in [0.29, 0.717) is 12.2 Å². The van der Waals surface area contributed by atoms with Gasteiger partial charge in [-0.1, -0.05) is 18.2 Å². The lowest BCUT2D eigenvalue weighted by molar-refractivity contribution is -0.526. The van der Waals surface area contributed by atoms with Gasteiger partial charge in [-0.25, -0.2) is 0 Å². The fourth-order valence-electron chi connectivity index (χ4n) is 1.40. The second-order valence-corrected chi connectivity index (χ2v) is 6.31. The van der Waals surface area contributed by atoms with E-state index in [9.17, 15) is 26.9 Å². The molecule has 0 saturated heterocycles. The molecule has 1 aliphatic carbocycles. The Morgan fingerprint density at radius 3 is 2.00 bits per heavy atom. The first-order valence-electron chi connectivity index (χ1n) is 3.97. The van der Waals surface area contributed by atoms with Gasteiger partial charge in [0.1, 0.15) is 0 Å². The lowest BCUT2D eigenvalue weighted by Gasteiger charge is -2.25. The molecule has 0 aliphatic heterocycles. The molecule has 0 aromatic carbocycles. The number of rotatable bonds is 3. The van der Waals surface area contributed by atoms with Gasteiger partial charge in [-0.15, -0.1) is 0 Å². The summed E-state index contributed by atoms with van der Waals surface area (Å²) in [7, 11) is -10.5. The molecule has 1 rings (SSSR count). The van der Waals surface area contributed by atoms with Crippen LogP contribution in [0.2, 0.25) is 0 Å². The van der Waals surface area contributed by atoms with Crippen LogP contribution in [-0.2, 0) is 20.2 Å². The predicted octanol–water partition coefficient (Wildman–Crippen LogP) is -0.770. The van der Waals surface area contributed by atoms with Crippen molar-refractivity contribution in [2.75, 3.05) is 0 Å². The van der Waals surface area contributed by atoms with Crippen molar-refractivity contribution in [3.05, 3.63) is 34.4 Å². The van der Waals surface area contributed by atoms with Gasteiger partial charge in [-0.3, -0.25) is 19.2 Å². The number of hydrogen-bond acceptors (Lipinski definition) is 6. The Bertz CT molecular complexity index is 600. The molecule has 11 heteroatoms. The van der Waals surface area contributed by atoms with Crippen LogP contribution in [0.3, 0.4) is 0 Å². The fraction of sp³-hybridized carbons (Fsp3) is 0.333. The molecule has 9 nitrogen and oxygen atoms in total. The minimum atomic E-state index is -5.40. The monoisotopic (exact) mass is 285 g/mol. The smallest absolute Gasteiger partial charge is 0.285 e. The molecular formula is C6H7NO8S2. The molecular weight excluding hydrogens is 278 g/mol. The predicted molar refractivity (Wildman–Crippen MR) is 54.9 cm³/mol. The number of allylic oxidation sites excluding steroid dienone is 2. The van der Waals surface area contributed by atoms with Gasteiger partial charge in [0, 0.05) is 6.08 Å². The van der Waals surface area contributed by atoms with Crippen LogP contribution < -0.4 is 0 Å². The molecule has 0 amide bonds. The summed E-state index contributed by atoms with van der Waals surface area (Å²) in [6.45, 7) is 0. The highest BCUT2D eigenvalue weighted by molar-refractivity contribution is 7.91. The van der Waals surface area contributed by atoms with E-state index in [-0.39, 0.29) is 0 Å². The Kier molecular flexibility index (Phi) is 3.13. The first-order valence-corrected chi connectivity index (χ1v) is 6.91. The highest BCUT2D eigenvalue weighted by Crippen LogP contribution is 2.31. The molecule has 0 fully saturated rings. The molecule has 0 bridgehead atoms. The van der Waals surface area contributed by atoms with Crippen LogP contribution in [0.4, 0.5) is 0 Å². The fourth-order valence-corrected chi connectivity index (χ4v) is 3.82. The summed E-state index contributed by atoms with van der Waals surface area (Å²) in [4.78, 5) is 5.96. The van der Waals surface area contributed by atoms with Crippen LogP contribution in [0.5, 0.6) is 0 Å². The van der Waals surface area contributed by atoms with Gasteiger partial charge in [0.25, 0.3) is 10.1 Å². The normalized spacial score (nSPS) is 29.2. The molecule has 1 aliphatic rings. The van der Waals surface area contributed by atoms with E-state index in [1.165, 1.54) is 0 Å². The SMILES string of the molecule is O=[N+]([O-])C1(S(=O)(=O)O)C=CC=CC1S(=O)(=O)O. The largest absolute Gasteiger partial charge is 0.383 e. The molecule has 2 N–H and O–H groups in total. The van der Waals surface area contributed by atoms with Gasteiger partial charge in [0.05, 0.1) is 4.92 Å². The van der Waals surface area contributed by atoms with Crippen LogP contribution in [0.15, 0.2) is 24.3 Å². The van der Waals surface area contributed by atoms with Crippen molar-refractivity contribution >= 4 is 20.2 Å². The summed E-state index contributed by atoms with van der Waals surface area (Å²) < 4.78 is 61.7. The number of hydrogen-bond donors (Lipinski definition) is 2. The van der Waals surface area contributed by atoms with Gasteiger partial charge in [-0.05, 0) is 0 Å². The third kappa shape index (κ3) is 2.09.